The quantitative estimate of drug-likeness (QED) is 0.477. The summed E-state index contributed by atoms with van der Waals surface area (Å²) in [6.07, 6.45) is -0.807. The number of carbonyl (C=O) groups is 1. The molecule has 2 amide bonds. The van der Waals surface area contributed by atoms with Crippen molar-refractivity contribution in [3.05, 3.63) is 71.2 Å². The Hall–Kier alpha value is -2.74. The maximum absolute atomic E-state index is 12.4. The van der Waals surface area contributed by atoms with E-state index in [1.165, 1.54) is 0 Å². The first-order valence-corrected chi connectivity index (χ1v) is 11.4. The monoisotopic (exact) mass is 440 g/mol. The van der Waals surface area contributed by atoms with E-state index in [0.29, 0.717) is 31.0 Å². The molecule has 31 heavy (non-hydrogen) atoms. The number of nitrogens with zero attached hydrogens (tertiary/aromatic N) is 2. The summed E-state index contributed by atoms with van der Waals surface area (Å²) in [6, 6.07) is 17.3. The van der Waals surface area contributed by atoms with E-state index >= 15 is 0 Å². The molecule has 3 aromatic rings. The molecule has 0 saturated heterocycles. The van der Waals surface area contributed by atoms with Gasteiger partial charge in [-0.2, -0.15) is 0 Å². The van der Waals surface area contributed by atoms with Gasteiger partial charge in [0.1, 0.15) is 17.4 Å². The normalized spacial score (nSPS) is 12.4. The van der Waals surface area contributed by atoms with Crippen molar-refractivity contribution in [2.75, 3.05) is 26.7 Å². The number of hydrogen-bond acceptors (Lipinski definition) is 5. The minimum Gasteiger partial charge on any atom is -0.487 e. The molecule has 1 unspecified atom stereocenters. The van der Waals surface area contributed by atoms with E-state index in [2.05, 4.69) is 10.3 Å². The summed E-state index contributed by atoms with van der Waals surface area (Å²) in [6.45, 7) is 5.86. The van der Waals surface area contributed by atoms with Crippen molar-refractivity contribution >= 4 is 17.4 Å². The standard InChI is InChI=1S/C24H29N3O3S/c1-4-27(3,5-2)24(29)25-15-22(28)19-12-9-13-21(14-19)30-16-20-17-31-23(26-20)18-10-7-6-8-11-18/h6-14,17,22,28H,4-5,15-16H2,1-3H3/p+1. The van der Waals surface area contributed by atoms with Crippen molar-refractivity contribution in [3.8, 4) is 16.3 Å². The molecule has 0 saturated carbocycles. The molecule has 2 N–H and O–H groups in total. The zero-order valence-corrected chi connectivity index (χ0v) is 19.1. The number of aliphatic hydroxyl groups excluding tert-OH is 1. The second-order valence-corrected chi connectivity index (χ2v) is 8.46. The number of thiazole rings is 1. The summed E-state index contributed by atoms with van der Waals surface area (Å²) in [5, 5.41) is 16.3. The topological polar surface area (TPSA) is 71.5 Å². The summed E-state index contributed by atoms with van der Waals surface area (Å²) in [5.41, 5.74) is 2.65. The molecule has 0 aliphatic carbocycles. The van der Waals surface area contributed by atoms with Crippen molar-refractivity contribution in [2.45, 2.75) is 26.6 Å². The summed E-state index contributed by atoms with van der Waals surface area (Å²) in [4.78, 5) is 17.0. The Morgan fingerprint density at radius 2 is 1.90 bits per heavy atom. The number of carbonyl (C=O) groups excluding carboxylic acids is 1. The lowest BCUT2D eigenvalue weighted by atomic mass is 10.1. The van der Waals surface area contributed by atoms with Crippen molar-refractivity contribution in [3.63, 3.8) is 0 Å². The Bertz CT molecular complexity index is 986. The molecule has 0 aliphatic rings. The van der Waals surface area contributed by atoms with E-state index in [0.717, 1.165) is 16.3 Å². The second-order valence-electron chi connectivity index (χ2n) is 7.60. The Morgan fingerprint density at radius 1 is 1.16 bits per heavy atom. The van der Waals surface area contributed by atoms with Gasteiger partial charge in [-0.05, 0) is 31.5 Å². The largest absolute Gasteiger partial charge is 0.487 e. The molecule has 0 fully saturated rings. The molecule has 0 radical (unpaired) electrons. The van der Waals surface area contributed by atoms with E-state index in [1.54, 1.807) is 17.4 Å². The highest BCUT2D eigenvalue weighted by Gasteiger charge is 2.28. The van der Waals surface area contributed by atoms with Crippen LogP contribution in [0.25, 0.3) is 10.6 Å². The van der Waals surface area contributed by atoms with Crippen LogP contribution in [0, 0.1) is 0 Å². The molecule has 0 aliphatic heterocycles. The first-order chi connectivity index (χ1) is 14.9. The van der Waals surface area contributed by atoms with E-state index in [-0.39, 0.29) is 17.1 Å². The summed E-state index contributed by atoms with van der Waals surface area (Å²) in [5.74, 6) is 0.653. The van der Waals surface area contributed by atoms with Crippen molar-refractivity contribution in [1.82, 2.24) is 10.3 Å². The van der Waals surface area contributed by atoms with Gasteiger partial charge >= 0.3 is 6.03 Å². The van der Waals surface area contributed by atoms with Crippen LogP contribution >= 0.6 is 11.3 Å². The fraction of sp³-hybridized carbons (Fsp3) is 0.333. The van der Waals surface area contributed by atoms with Crippen molar-refractivity contribution in [2.24, 2.45) is 0 Å². The lowest BCUT2D eigenvalue weighted by molar-refractivity contribution is -0.826. The summed E-state index contributed by atoms with van der Waals surface area (Å²) >= 11 is 1.59. The average molecular weight is 441 g/mol. The van der Waals surface area contributed by atoms with E-state index < -0.39 is 6.10 Å². The summed E-state index contributed by atoms with van der Waals surface area (Å²) in [7, 11) is 1.89. The lowest BCUT2D eigenvalue weighted by Crippen LogP contribution is -2.54. The van der Waals surface area contributed by atoms with Crippen LogP contribution in [0.5, 0.6) is 5.75 Å². The Morgan fingerprint density at radius 3 is 2.61 bits per heavy atom. The predicted octanol–water partition coefficient (Wildman–Crippen LogP) is 4.62. The Labute approximate surface area is 187 Å². The van der Waals surface area contributed by atoms with Gasteiger partial charge in [-0.15, -0.1) is 11.3 Å². The third-order valence-electron chi connectivity index (χ3n) is 5.53. The SMILES string of the molecule is CC[N+](C)(CC)C(=O)NCC(O)c1cccc(OCc2csc(-c3ccccc3)n2)c1. The molecule has 1 atom stereocenters. The van der Waals surface area contributed by atoms with Crippen LogP contribution in [-0.2, 0) is 6.61 Å². The lowest BCUT2D eigenvalue weighted by Gasteiger charge is -2.29. The van der Waals surface area contributed by atoms with Crippen LogP contribution in [0.1, 0.15) is 31.2 Å². The number of nitrogens with one attached hydrogen (secondary N) is 1. The Balaban J connectivity index is 1.56. The molecule has 1 aromatic heterocycles. The highest BCUT2D eigenvalue weighted by atomic mass is 32.1. The van der Waals surface area contributed by atoms with Gasteiger partial charge < -0.3 is 15.2 Å². The molecule has 1 heterocycles. The van der Waals surface area contributed by atoms with Gasteiger partial charge in [0, 0.05) is 10.9 Å². The van der Waals surface area contributed by atoms with Crippen LogP contribution in [0.4, 0.5) is 4.79 Å². The van der Waals surface area contributed by atoms with Crippen LogP contribution in [0.15, 0.2) is 60.0 Å². The van der Waals surface area contributed by atoms with Gasteiger partial charge in [0.05, 0.1) is 38.5 Å². The first kappa shape index (κ1) is 22.9. The smallest absolute Gasteiger partial charge is 0.416 e. The zero-order valence-electron chi connectivity index (χ0n) is 18.2. The summed E-state index contributed by atoms with van der Waals surface area (Å²) < 4.78 is 6.18. The Kier molecular flexibility index (Phi) is 7.79. The average Bonchev–Trinajstić information content (AvgIpc) is 3.30. The number of quaternary nitrogens is 1. The maximum Gasteiger partial charge on any atom is 0.416 e. The molecule has 2 aromatic carbocycles. The first-order valence-electron chi connectivity index (χ1n) is 10.5. The third-order valence-corrected chi connectivity index (χ3v) is 6.48. The molecule has 0 bridgehead atoms. The number of ether oxygens (including phenoxy) is 1. The fourth-order valence-corrected chi connectivity index (χ4v) is 3.87. The second kappa shape index (κ2) is 10.5. The van der Waals surface area contributed by atoms with Crippen molar-refractivity contribution in [1.29, 1.82) is 0 Å². The molecule has 6 nitrogen and oxygen atoms in total. The van der Waals surface area contributed by atoms with Gasteiger partial charge in [0.15, 0.2) is 0 Å². The van der Waals surface area contributed by atoms with E-state index in [1.807, 2.05) is 74.8 Å². The van der Waals surface area contributed by atoms with E-state index in [4.69, 9.17) is 4.74 Å². The fourth-order valence-electron chi connectivity index (χ4n) is 3.06. The van der Waals surface area contributed by atoms with Gasteiger partial charge in [0.25, 0.3) is 0 Å². The number of urea groups is 1. The van der Waals surface area contributed by atoms with Gasteiger partial charge in [-0.25, -0.2) is 14.3 Å². The van der Waals surface area contributed by atoms with Gasteiger partial charge in [0.2, 0.25) is 0 Å². The molecule has 0 spiro atoms. The van der Waals surface area contributed by atoms with Gasteiger partial charge in [-0.3, -0.25) is 0 Å². The highest BCUT2D eigenvalue weighted by molar-refractivity contribution is 7.13. The highest BCUT2D eigenvalue weighted by Crippen LogP contribution is 2.25. The molecular weight excluding hydrogens is 410 g/mol. The number of aliphatic hydroxyl groups is 1. The molecule has 7 heteroatoms. The molecule has 3 rings (SSSR count). The molecule has 164 valence electrons. The number of benzene rings is 2. The minimum atomic E-state index is -0.807. The number of rotatable bonds is 9. The van der Waals surface area contributed by atoms with E-state index in [9.17, 15) is 9.90 Å². The van der Waals surface area contributed by atoms with Crippen molar-refractivity contribution < 1.29 is 19.1 Å². The van der Waals surface area contributed by atoms with Crippen LogP contribution in [0.2, 0.25) is 0 Å². The zero-order chi connectivity index (χ0) is 22.3. The van der Waals surface area contributed by atoms with Gasteiger partial charge in [-0.1, -0.05) is 42.5 Å². The molecular formula is C24H30N3O3S+. The number of hydrogen-bond donors (Lipinski definition) is 2. The minimum absolute atomic E-state index is 0.0887. The predicted molar refractivity (Wildman–Crippen MR) is 124 cm³/mol. The third kappa shape index (κ3) is 5.91. The van der Waals surface area contributed by atoms with Crippen LogP contribution in [-0.4, -0.2) is 47.3 Å². The number of aromatic nitrogens is 1. The van der Waals surface area contributed by atoms with Crippen LogP contribution in [0.3, 0.4) is 0 Å². The van der Waals surface area contributed by atoms with Crippen LogP contribution < -0.4 is 10.1 Å². The number of amides is 2. The maximum atomic E-state index is 12.4.